The van der Waals surface area contributed by atoms with E-state index in [4.69, 9.17) is 5.73 Å². The summed E-state index contributed by atoms with van der Waals surface area (Å²) in [4.78, 5) is 16.9. The lowest BCUT2D eigenvalue weighted by molar-refractivity contribution is -0.140. The Balaban J connectivity index is 1.91. The molecule has 1 aromatic rings. The van der Waals surface area contributed by atoms with E-state index in [0.717, 1.165) is 39.0 Å². The molecule has 4 nitrogen and oxygen atoms in total. The number of likely N-dealkylation sites (tertiary alicyclic amines) is 1. The summed E-state index contributed by atoms with van der Waals surface area (Å²) in [5.41, 5.74) is 10.1. The fourth-order valence-corrected chi connectivity index (χ4v) is 3.66. The third kappa shape index (κ3) is 4.17. The maximum Gasteiger partial charge on any atom is 0.239 e. The second-order valence-electron chi connectivity index (χ2n) is 6.74. The zero-order chi connectivity index (χ0) is 17.7. The average molecular weight is 332 g/mol. The van der Waals surface area contributed by atoms with Gasteiger partial charge in [0.05, 0.1) is 6.04 Å². The highest BCUT2D eigenvalue weighted by atomic mass is 16.2. The average Bonchev–Trinajstić information content (AvgIpc) is 2.56. The van der Waals surface area contributed by atoms with Crippen molar-refractivity contribution in [3.05, 3.63) is 34.9 Å². The van der Waals surface area contributed by atoms with Crippen LogP contribution in [0.15, 0.2) is 18.2 Å². The van der Waals surface area contributed by atoms with E-state index in [1.807, 2.05) is 4.90 Å². The van der Waals surface area contributed by atoms with Crippen molar-refractivity contribution in [3.8, 4) is 0 Å². The van der Waals surface area contributed by atoms with Crippen LogP contribution in [-0.4, -0.2) is 54.0 Å². The molecule has 0 saturated carbocycles. The van der Waals surface area contributed by atoms with Crippen LogP contribution in [0, 0.1) is 0 Å². The molecule has 1 fully saturated rings. The first-order chi connectivity index (χ1) is 11.5. The van der Waals surface area contributed by atoms with Gasteiger partial charge in [0.1, 0.15) is 0 Å². The van der Waals surface area contributed by atoms with E-state index in [1.165, 1.54) is 16.7 Å². The minimum absolute atomic E-state index is 0.0935. The maximum absolute atomic E-state index is 12.5. The number of hydrogen-bond acceptors (Lipinski definition) is 3. The third-order valence-electron chi connectivity index (χ3n) is 5.31. The lowest BCUT2D eigenvalue weighted by Crippen LogP contribution is -2.63. The van der Waals surface area contributed by atoms with Crippen LogP contribution >= 0.6 is 0 Å². The summed E-state index contributed by atoms with van der Waals surface area (Å²) in [6.07, 6.45) is 2.70. The Hall–Kier alpha value is -1.39. The summed E-state index contributed by atoms with van der Waals surface area (Å²) in [7, 11) is 0. The number of carbonyl (C=O) groups is 1. The SMILES string of the molecule is CCc1ccc(C[C@@H](N)C(=O)N2CC(N(CC)CC)C2)cc1CC. The zero-order valence-corrected chi connectivity index (χ0v) is 15.7. The predicted octanol–water partition coefficient (Wildman–Crippen LogP) is 2.23. The smallest absolute Gasteiger partial charge is 0.239 e. The van der Waals surface area contributed by atoms with Gasteiger partial charge in [0.15, 0.2) is 0 Å². The number of nitrogens with zero attached hydrogens (tertiary/aromatic N) is 2. The quantitative estimate of drug-likeness (QED) is 0.795. The fraction of sp³-hybridized carbons (Fsp3) is 0.650. The van der Waals surface area contributed by atoms with Gasteiger partial charge in [-0.1, -0.05) is 45.9 Å². The predicted molar refractivity (Wildman–Crippen MR) is 100 cm³/mol. The van der Waals surface area contributed by atoms with E-state index in [0.29, 0.717) is 12.5 Å². The highest BCUT2D eigenvalue weighted by Gasteiger charge is 2.35. The minimum atomic E-state index is -0.431. The molecule has 0 aliphatic carbocycles. The number of likely N-dealkylation sites (N-methyl/N-ethyl adjacent to an activating group) is 1. The standard InChI is InChI=1S/C20H33N3O/c1-5-16-10-9-15(11-17(16)6-2)12-19(21)20(24)23-13-18(14-23)22(7-3)8-4/h9-11,18-19H,5-8,12-14,21H2,1-4H3/t19-/m1/s1. The summed E-state index contributed by atoms with van der Waals surface area (Å²) >= 11 is 0. The molecule has 4 heteroatoms. The minimum Gasteiger partial charge on any atom is -0.338 e. The Bertz CT molecular complexity index is 548. The molecule has 1 heterocycles. The van der Waals surface area contributed by atoms with Gasteiger partial charge in [-0.3, -0.25) is 9.69 Å². The molecular formula is C20H33N3O. The molecule has 24 heavy (non-hydrogen) atoms. The number of benzene rings is 1. The van der Waals surface area contributed by atoms with E-state index >= 15 is 0 Å². The van der Waals surface area contributed by atoms with Crippen molar-refractivity contribution in [3.63, 3.8) is 0 Å². The van der Waals surface area contributed by atoms with Gasteiger partial charge in [-0.05, 0) is 49.0 Å². The number of aryl methyl sites for hydroxylation is 2. The Morgan fingerprint density at radius 1 is 1.17 bits per heavy atom. The highest BCUT2D eigenvalue weighted by Crippen LogP contribution is 2.18. The van der Waals surface area contributed by atoms with Crippen molar-refractivity contribution in [2.75, 3.05) is 26.2 Å². The first-order valence-corrected chi connectivity index (χ1v) is 9.42. The fourth-order valence-electron chi connectivity index (χ4n) is 3.66. The number of hydrogen-bond donors (Lipinski definition) is 1. The van der Waals surface area contributed by atoms with Crippen molar-refractivity contribution in [2.24, 2.45) is 5.73 Å². The summed E-state index contributed by atoms with van der Waals surface area (Å²) in [5.74, 6) is 0.0935. The van der Waals surface area contributed by atoms with Gasteiger partial charge < -0.3 is 10.6 Å². The summed E-state index contributed by atoms with van der Waals surface area (Å²) < 4.78 is 0. The summed E-state index contributed by atoms with van der Waals surface area (Å²) in [6, 6.07) is 6.61. The molecule has 1 aliphatic rings. The summed E-state index contributed by atoms with van der Waals surface area (Å²) in [5, 5.41) is 0. The van der Waals surface area contributed by atoms with E-state index in [-0.39, 0.29) is 5.91 Å². The number of rotatable bonds is 8. The Morgan fingerprint density at radius 3 is 2.33 bits per heavy atom. The molecule has 0 aromatic heterocycles. The van der Waals surface area contributed by atoms with Crippen LogP contribution in [0.3, 0.4) is 0 Å². The molecule has 1 aliphatic heterocycles. The molecule has 134 valence electrons. The highest BCUT2D eigenvalue weighted by molar-refractivity contribution is 5.82. The molecule has 1 atom stereocenters. The third-order valence-corrected chi connectivity index (χ3v) is 5.31. The molecule has 0 bridgehead atoms. The van der Waals surface area contributed by atoms with Crippen LogP contribution in [0.4, 0.5) is 0 Å². The Labute approximate surface area is 147 Å². The number of carbonyl (C=O) groups excluding carboxylic acids is 1. The lowest BCUT2D eigenvalue weighted by atomic mass is 9.96. The second kappa shape index (κ2) is 8.63. The topological polar surface area (TPSA) is 49.6 Å². The van der Waals surface area contributed by atoms with Crippen LogP contribution < -0.4 is 5.73 Å². The zero-order valence-electron chi connectivity index (χ0n) is 15.7. The van der Waals surface area contributed by atoms with E-state index in [1.54, 1.807) is 0 Å². The van der Waals surface area contributed by atoms with Crippen molar-refractivity contribution >= 4 is 5.91 Å². The number of amides is 1. The first kappa shape index (κ1) is 18.9. The van der Waals surface area contributed by atoms with Gasteiger partial charge in [-0.15, -0.1) is 0 Å². The number of nitrogens with two attached hydrogens (primary N) is 1. The Kier molecular flexibility index (Phi) is 6.81. The largest absolute Gasteiger partial charge is 0.338 e. The van der Waals surface area contributed by atoms with Gasteiger partial charge in [0, 0.05) is 19.1 Å². The van der Waals surface area contributed by atoms with Gasteiger partial charge in [0.25, 0.3) is 0 Å². The van der Waals surface area contributed by atoms with Crippen LogP contribution in [0.2, 0.25) is 0 Å². The van der Waals surface area contributed by atoms with E-state index in [2.05, 4.69) is 50.8 Å². The van der Waals surface area contributed by atoms with Crippen molar-refractivity contribution in [1.29, 1.82) is 0 Å². The van der Waals surface area contributed by atoms with Crippen LogP contribution in [-0.2, 0) is 24.1 Å². The Morgan fingerprint density at radius 2 is 1.79 bits per heavy atom. The molecular weight excluding hydrogens is 298 g/mol. The van der Waals surface area contributed by atoms with Gasteiger partial charge in [-0.25, -0.2) is 0 Å². The molecule has 1 saturated heterocycles. The van der Waals surface area contributed by atoms with Crippen LogP contribution in [0.5, 0.6) is 0 Å². The van der Waals surface area contributed by atoms with Crippen molar-refractivity contribution in [2.45, 2.75) is 59.0 Å². The second-order valence-corrected chi connectivity index (χ2v) is 6.74. The van der Waals surface area contributed by atoms with Crippen LogP contribution in [0.1, 0.15) is 44.4 Å². The van der Waals surface area contributed by atoms with Gasteiger partial charge in [-0.2, -0.15) is 0 Å². The molecule has 0 unspecified atom stereocenters. The monoisotopic (exact) mass is 331 g/mol. The van der Waals surface area contributed by atoms with Crippen molar-refractivity contribution < 1.29 is 4.79 Å². The maximum atomic E-state index is 12.5. The summed E-state index contributed by atoms with van der Waals surface area (Å²) in [6.45, 7) is 12.4. The molecule has 2 rings (SSSR count). The molecule has 1 amide bonds. The molecule has 0 radical (unpaired) electrons. The lowest BCUT2D eigenvalue weighted by Gasteiger charge is -2.45. The van der Waals surface area contributed by atoms with Gasteiger partial charge in [0.2, 0.25) is 5.91 Å². The van der Waals surface area contributed by atoms with Crippen molar-refractivity contribution in [1.82, 2.24) is 9.80 Å². The molecule has 0 spiro atoms. The molecule has 1 aromatic carbocycles. The van der Waals surface area contributed by atoms with Gasteiger partial charge >= 0.3 is 0 Å². The van der Waals surface area contributed by atoms with Crippen LogP contribution in [0.25, 0.3) is 0 Å². The van der Waals surface area contributed by atoms with E-state index in [9.17, 15) is 4.79 Å². The molecule has 2 N–H and O–H groups in total. The van der Waals surface area contributed by atoms with E-state index < -0.39 is 6.04 Å². The normalized spacial score (nSPS) is 16.3. The first-order valence-electron chi connectivity index (χ1n) is 9.42.